The van der Waals surface area contributed by atoms with Gasteiger partial charge in [0.05, 0.1) is 10.7 Å². The molecule has 3 aromatic rings. The highest BCUT2D eigenvalue weighted by atomic mass is 35.5. The van der Waals surface area contributed by atoms with E-state index in [0.29, 0.717) is 0 Å². The summed E-state index contributed by atoms with van der Waals surface area (Å²) in [4.78, 5) is 7.76. The van der Waals surface area contributed by atoms with Gasteiger partial charge in [-0.2, -0.15) is 0 Å². The molecule has 0 radical (unpaired) electrons. The van der Waals surface area contributed by atoms with Crippen molar-refractivity contribution in [3.8, 4) is 11.3 Å². The number of H-pyrrole nitrogens is 1. The number of aromatic nitrogens is 2. The molecule has 0 unspecified atom stereocenters. The average molecular weight is 251 g/mol. The zero-order chi connectivity index (χ0) is 10.3. The molecule has 2 aromatic heterocycles. The summed E-state index contributed by atoms with van der Waals surface area (Å²) in [5.41, 5.74) is 3.42. The number of nitrogens with one attached hydrogen (secondary N) is 1. The lowest BCUT2D eigenvalue weighted by molar-refractivity contribution is 1.30. The highest BCUT2D eigenvalue weighted by Crippen LogP contribution is 2.28. The third kappa shape index (κ3) is 1.72. The largest absolute Gasteiger partial charge is 0.360 e. The van der Waals surface area contributed by atoms with Gasteiger partial charge in [-0.3, -0.25) is 0 Å². The highest BCUT2D eigenvalue weighted by Gasteiger charge is 2.07. The van der Waals surface area contributed by atoms with Crippen LogP contribution in [0.5, 0.6) is 0 Å². The topological polar surface area (TPSA) is 28.7 Å². The normalized spacial score (nSPS) is 10.3. The predicted octanol–water partition coefficient (Wildman–Crippen LogP) is 4.02. The summed E-state index contributed by atoms with van der Waals surface area (Å²) in [7, 11) is 0. The van der Waals surface area contributed by atoms with E-state index >= 15 is 0 Å². The second-order valence-electron chi connectivity index (χ2n) is 3.50. The molecule has 16 heavy (non-hydrogen) atoms. The summed E-state index contributed by atoms with van der Waals surface area (Å²) in [6.45, 7) is 2.03. The summed E-state index contributed by atoms with van der Waals surface area (Å²) in [6.07, 6.45) is 2.03. The molecule has 0 fully saturated rings. The van der Waals surface area contributed by atoms with Crippen LogP contribution in [0.4, 0.5) is 0 Å². The van der Waals surface area contributed by atoms with Crippen LogP contribution in [-0.2, 0) is 0 Å². The van der Waals surface area contributed by atoms with E-state index in [0.717, 1.165) is 16.2 Å². The van der Waals surface area contributed by atoms with Gasteiger partial charge in [-0.1, -0.05) is 18.2 Å². The monoisotopic (exact) mass is 250 g/mol. The molecule has 82 valence electrons. The maximum absolute atomic E-state index is 4.50. The molecule has 1 N–H and O–H groups in total. The van der Waals surface area contributed by atoms with Gasteiger partial charge in [0.1, 0.15) is 0 Å². The molecule has 2 heterocycles. The molecule has 0 amide bonds. The number of hydrogen-bond acceptors (Lipinski definition) is 2. The Kier molecular flexibility index (Phi) is 2.99. The lowest BCUT2D eigenvalue weighted by atomic mass is 10.1. The second kappa shape index (κ2) is 4.28. The number of para-hydroxylation sites is 1. The van der Waals surface area contributed by atoms with Crippen LogP contribution >= 0.6 is 23.7 Å². The Hall–Kier alpha value is -1.32. The van der Waals surface area contributed by atoms with Crippen molar-refractivity contribution in [1.82, 2.24) is 9.97 Å². The number of aryl methyl sites for hydroxylation is 1. The van der Waals surface area contributed by atoms with Gasteiger partial charge in [-0.25, -0.2) is 4.98 Å². The van der Waals surface area contributed by atoms with Gasteiger partial charge in [0.15, 0.2) is 0 Å². The zero-order valence-electron chi connectivity index (χ0n) is 8.73. The van der Waals surface area contributed by atoms with Crippen molar-refractivity contribution in [1.29, 1.82) is 0 Å². The van der Waals surface area contributed by atoms with Crippen LogP contribution in [-0.4, -0.2) is 9.97 Å². The smallest absolute Gasteiger partial charge is 0.0901 e. The van der Waals surface area contributed by atoms with Crippen molar-refractivity contribution in [2.75, 3.05) is 0 Å². The number of rotatable bonds is 1. The number of benzene rings is 1. The van der Waals surface area contributed by atoms with Crippen molar-refractivity contribution >= 4 is 34.6 Å². The van der Waals surface area contributed by atoms with Gasteiger partial charge >= 0.3 is 0 Å². The van der Waals surface area contributed by atoms with E-state index < -0.39 is 0 Å². The fourth-order valence-corrected chi connectivity index (χ4v) is 2.38. The Bertz CT molecular complexity index is 612. The van der Waals surface area contributed by atoms with Gasteiger partial charge in [-0.05, 0) is 13.0 Å². The van der Waals surface area contributed by atoms with Crippen LogP contribution in [0, 0.1) is 6.92 Å². The minimum Gasteiger partial charge on any atom is -0.360 e. The first-order valence-electron chi connectivity index (χ1n) is 4.83. The van der Waals surface area contributed by atoms with Gasteiger partial charge in [0, 0.05) is 28.0 Å². The van der Waals surface area contributed by atoms with E-state index in [1.54, 1.807) is 11.3 Å². The van der Waals surface area contributed by atoms with Gasteiger partial charge in [0.2, 0.25) is 0 Å². The third-order valence-corrected chi connectivity index (χ3v) is 3.26. The number of fused-ring (bicyclic) bond motifs is 1. The molecule has 0 aliphatic heterocycles. The number of halogens is 1. The molecule has 0 atom stereocenters. The van der Waals surface area contributed by atoms with Gasteiger partial charge < -0.3 is 4.98 Å². The standard InChI is InChI=1S/C12H10N2S.ClH/c1-8-14-12(7-15-8)10-6-13-11-5-3-2-4-9(10)11;/h2-7,13H,1H3;1H. The quantitative estimate of drug-likeness (QED) is 0.694. The van der Waals surface area contributed by atoms with E-state index in [-0.39, 0.29) is 12.4 Å². The molecular formula is C12H11ClN2S. The summed E-state index contributed by atoms with van der Waals surface area (Å²) < 4.78 is 0. The Morgan fingerprint density at radius 1 is 1.25 bits per heavy atom. The summed E-state index contributed by atoms with van der Waals surface area (Å²) in [5, 5.41) is 4.45. The number of thiazole rings is 1. The molecule has 0 saturated carbocycles. The average Bonchev–Trinajstić information content (AvgIpc) is 2.83. The molecule has 4 heteroatoms. The van der Waals surface area contributed by atoms with Crippen molar-refractivity contribution in [3.63, 3.8) is 0 Å². The van der Waals surface area contributed by atoms with Crippen molar-refractivity contribution in [3.05, 3.63) is 40.8 Å². The van der Waals surface area contributed by atoms with Crippen LogP contribution in [0.25, 0.3) is 22.2 Å². The zero-order valence-corrected chi connectivity index (χ0v) is 10.4. The summed E-state index contributed by atoms with van der Waals surface area (Å²) >= 11 is 1.69. The number of nitrogens with zero attached hydrogens (tertiary/aromatic N) is 1. The molecule has 2 nitrogen and oxygen atoms in total. The maximum Gasteiger partial charge on any atom is 0.0901 e. The molecule has 0 aliphatic carbocycles. The second-order valence-corrected chi connectivity index (χ2v) is 4.56. The van der Waals surface area contributed by atoms with Crippen molar-refractivity contribution < 1.29 is 0 Å². The van der Waals surface area contributed by atoms with Gasteiger partial charge in [0.25, 0.3) is 0 Å². The highest BCUT2D eigenvalue weighted by molar-refractivity contribution is 7.09. The molecule has 1 aromatic carbocycles. The number of aromatic amines is 1. The minimum atomic E-state index is 0. The maximum atomic E-state index is 4.50. The van der Waals surface area contributed by atoms with Crippen LogP contribution in [0.1, 0.15) is 5.01 Å². The SMILES string of the molecule is Cc1nc(-c2c[nH]c3ccccc23)cs1.Cl. The summed E-state index contributed by atoms with van der Waals surface area (Å²) in [5.74, 6) is 0. The molecule has 0 spiro atoms. The fraction of sp³-hybridized carbons (Fsp3) is 0.0833. The summed E-state index contributed by atoms with van der Waals surface area (Å²) in [6, 6.07) is 8.29. The first-order valence-corrected chi connectivity index (χ1v) is 5.71. The lowest BCUT2D eigenvalue weighted by Gasteiger charge is -1.92. The Labute approximate surface area is 104 Å². The van der Waals surface area contributed by atoms with Crippen molar-refractivity contribution in [2.45, 2.75) is 6.92 Å². The van der Waals surface area contributed by atoms with E-state index in [2.05, 4.69) is 33.5 Å². The Balaban J connectivity index is 0.000000963. The van der Waals surface area contributed by atoms with Crippen LogP contribution in [0.2, 0.25) is 0 Å². The molecule has 3 rings (SSSR count). The van der Waals surface area contributed by atoms with E-state index in [9.17, 15) is 0 Å². The van der Waals surface area contributed by atoms with E-state index in [1.165, 1.54) is 10.9 Å². The molecule has 0 saturated heterocycles. The predicted molar refractivity (Wildman–Crippen MR) is 71.4 cm³/mol. The first-order chi connectivity index (χ1) is 7.34. The van der Waals surface area contributed by atoms with Gasteiger partial charge in [-0.15, -0.1) is 23.7 Å². The first kappa shape index (κ1) is 11.2. The van der Waals surface area contributed by atoms with Crippen molar-refractivity contribution in [2.24, 2.45) is 0 Å². The van der Waals surface area contributed by atoms with E-state index in [4.69, 9.17) is 0 Å². The van der Waals surface area contributed by atoms with Crippen LogP contribution < -0.4 is 0 Å². The minimum absolute atomic E-state index is 0. The molecule has 0 aliphatic rings. The molecular weight excluding hydrogens is 240 g/mol. The number of hydrogen-bond donors (Lipinski definition) is 1. The van der Waals surface area contributed by atoms with E-state index in [1.807, 2.05) is 19.2 Å². The van der Waals surface area contributed by atoms with Crippen LogP contribution in [0.3, 0.4) is 0 Å². The lowest BCUT2D eigenvalue weighted by Crippen LogP contribution is -1.75. The van der Waals surface area contributed by atoms with Crippen LogP contribution in [0.15, 0.2) is 35.8 Å². The Morgan fingerprint density at radius 2 is 2.06 bits per heavy atom. The third-order valence-electron chi connectivity index (χ3n) is 2.48. The Morgan fingerprint density at radius 3 is 2.81 bits per heavy atom. The molecule has 0 bridgehead atoms. The fourth-order valence-electron chi connectivity index (χ4n) is 1.77.